The Balaban J connectivity index is 2.17. The highest BCUT2D eigenvalue weighted by molar-refractivity contribution is 7.80. The summed E-state index contributed by atoms with van der Waals surface area (Å²) in [6.07, 6.45) is 5.03. The van der Waals surface area contributed by atoms with Crippen LogP contribution >= 0.6 is 12.2 Å². The van der Waals surface area contributed by atoms with E-state index >= 15 is 0 Å². The van der Waals surface area contributed by atoms with Gasteiger partial charge in [0.25, 0.3) is 5.17 Å². The predicted molar refractivity (Wildman–Crippen MR) is 44.4 cm³/mol. The molecule has 0 aromatic rings. The van der Waals surface area contributed by atoms with Gasteiger partial charge in [0.1, 0.15) is 7.11 Å². The summed E-state index contributed by atoms with van der Waals surface area (Å²) in [5.74, 6) is 0. The standard InChI is InChI=1S/C7H12NOS/c1-9-7(10)8-6-4-2-3-5-6/h6H,1-5H2,(H,8,10). The van der Waals surface area contributed by atoms with Gasteiger partial charge in [0.15, 0.2) is 0 Å². The summed E-state index contributed by atoms with van der Waals surface area (Å²) < 4.78 is 4.58. The molecule has 3 heteroatoms. The quantitative estimate of drug-likeness (QED) is 0.586. The van der Waals surface area contributed by atoms with E-state index in [1.807, 2.05) is 0 Å². The molecule has 0 amide bonds. The van der Waals surface area contributed by atoms with Gasteiger partial charge in [0.05, 0.1) is 0 Å². The van der Waals surface area contributed by atoms with Gasteiger partial charge >= 0.3 is 0 Å². The lowest BCUT2D eigenvalue weighted by Crippen LogP contribution is -2.31. The van der Waals surface area contributed by atoms with Crippen molar-refractivity contribution < 1.29 is 4.74 Å². The van der Waals surface area contributed by atoms with Crippen LogP contribution in [0.5, 0.6) is 0 Å². The summed E-state index contributed by atoms with van der Waals surface area (Å²) >= 11 is 4.80. The molecule has 0 aromatic heterocycles. The maximum atomic E-state index is 4.80. The Bertz CT molecular complexity index is 121. The second-order valence-corrected chi connectivity index (χ2v) is 2.93. The summed E-state index contributed by atoms with van der Waals surface area (Å²) in [5.41, 5.74) is 0. The lowest BCUT2D eigenvalue weighted by Gasteiger charge is -2.11. The van der Waals surface area contributed by atoms with E-state index in [1.54, 1.807) is 0 Å². The molecule has 0 spiro atoms. The van der Waals surface area contributed by atoms with Crippen molar-refractivity contribution in [2.24, 2.45) is 0 Å². The Morgan fingerprint density at radius 1 is 1.50 bits per heavy atom. The third-order valence-electron chi connectivity index (χ3n) is 1.81. The smallest absolute Gasteiger partial charge is 0.256 e. The van der Waals surface area contributed by atoms with Crippen molar-refractivity contribution in [3.8, 4) is 0 Å². The molecule has 0 saturated heterocycles. The monoisotopic (exact) mass is 158 g/mol. The van der Waals surface area contributed by atoms with Crippen LogP contribution in [0.25, 0.3) is 0 Å². The van der Waals surface area contributed by atoms with Crippen LogP contribution in [-0.4, -0.2) is 11.2 Å². The Morgan fingerprint density at radius 3 is 2.60 bits per heavy atom. The van der Waals surface area contributed by atoms with Gasteiger partial charge < -0.3 is 10.1 Å². The first-order valence-electron chi connectivity index (χ1n) is 3.55. The van der Waals surface area contributed by atoms with Crippen molar-refractivity contribution in [3.63, 3.8) is 0 Å². The van der Waals surface area contributed by atoms with Crippen LogP contribution < -0.4 is 5.32 Å². The first-order chi connectivity index (χ1) is 4.83. The summed E-state index contributed by atoms with van der Waals surface area (Å²) in [4.78, 5) is 0. The van der Waals surface area contributed by atoms with Crippen LogP contribution in [0.1, 0.15) is 25.7 Å². The van der Waals surface area contributed by atoms with Crippen molar-refractivity contribution in [1.82, 2.24) is 5.32 Å². The molecule has 0 aromatic carbocycles. The fourth-order valence-corrected chi connectivity index (χ4v) is 1.45. The van der Waals surface area contributed by atoms with Gasteiger partial charge in [-0.05, 0) is 25.1 Å². The molecular formula is C7H12NOS. The van der Waals surface area contributed by atoms with Crippen LogP contribution in [-0.2, 0) is 4.74 Å². The van der Waals surface area contributed by atoms with Gasteiger partial charge in [-0.25, -0.2) is 0 Å². The van der Waals surface area contributed by atoms with Crippen molar-refractivity contribution in [2.75, 3.05) is 0 Å². The zero-order chi connectivity index (χ0) is 7.40. The van der Waals surface area contributed by atoms with Crippen molar-refractivity contribution in [3.05, 3.63) is 7.11 Å². The second-order valence-electron chi connectivity index (χ2n) is 2.56. The highest BCUT2D eigenvalue weighted by Crippen LogP contribution is 2.17. The molecule has 10 heavy (non-hydrogen) atoms. The van der Waals surface area contributed by atoms with E-state index in [2.05, 4.69) is 17.2 Å². The SMILES string of the molecule is [CH2]OC(=S)NC1CCCC1. The fraction of sp³-hybridized carbons (Fsp3) is 0.714. The molecule has 1 fully saturated rings. The number of hydrogen-bond donors (Lipinski definition) is 1. The van der Waals surface area contributed by atoms with Gasteiger partial charge in [-0.2, -0.15) is 0 Å². The lowest BCUT2D eigenvalue weighted by atomic mass is 10.3. The van der Waals surface area contributed by atoms with Gasteiger partial charge in [-0.1, -0.05) is 12.8 Å². The number of hydrogen-bond acceptors (Lipinski definition) is 2. The summed E-state index contributed by atoms with van der Waals surface area (Å²) in [7, 11) is 3.22. The van der Waals surface area contributed by atoms with E-state index in [1.165, 1.54) is 25.7 Å². The minimum atomic E-state index is 0.423. The highest BCUT2D eigenvalue weighted by atomic mass is 32.1. The van der Waals surface area contributed by atoms with Crippen LogP contribution in [0, 0.1) is 7.11 Å². The first kappa shape index (κ1) is 7.79. The topological polar surface area (TPSA) is 21.3 Å². The molecule has 0 heterocycles. The highest BCUT2D eigenvalue weighted by Gasteiger charge is 2.15. The molecule has 1 N–H and O–H groups in total. The molecule has 57 valence electrons. The first-order valence-corrected chi connectivity index (χ1v) is 3.96. The average Bonchev–Trinajstić information content (AvgIpc) is 2.40. The minimum Gasteiger partial charge on any atom is -0.467 e. The van der Waals surface area contributed by atoms with E-state index < -0.39 is 0 Å². The average molecular weight is 158 g/mol. The minimum absolute atomic E-state index is 0.423. The lowest BCUT2D eigenvalue weighted by molar-refractivity contribution is 0.432. The Labute approximate surface area is 66.9 Å². The zero-order valence-corrected chi connectivity index (χ0v) is 6.75. The van der Waals surface area contributed by atoms with Gasteiger partial charge in [0.2, 0.25) is 0 Å². The maximum absolute atomic E-state index is 4.80. The summed E-state index contributed by atoms with van der Waals surface area (Å²) in [6, 6.07) is 0.536. The number of nitrogens with one attached hydrogen (secondary N) is 1. The van der Waals surface area contributed by atoms with E-state index in [4.69, 9.17) is 12.2 Å². The maximum Gasteiger partial charge on any atom is 0.256 e. The molecule has 1 rings (SSSR count). The van der Waals surface area contributed by atoms with E-state index in [9.17, 15) is 0 Å². The Kier molecular flexibility index (Phi) is 2.93. The van der Waals surface area contributed by atoms with Crippen LogP contribution in [0.3, 0.4) is 0 Å². The van der Waals surface area contributed by atoms with E-state index in [-0.39, 0.29) is 0 Å². The molecular weight excluding hydrogens is 146 g/mol. The van der Waals surface area contributed by atoms with Crippen molar-refractivity contribution in [2.45, 2.75) is 31.7 Å². The summed E-state index contributed by atoms with van der Waals surface area (Å²) in [6.45, 7) is 0. The van der Waals surface area contributed by atoms with Gasteiger partial charge in [-0.3, -0.25) is 0 Å². The second kappa shape index (κ2) is 3.76. The van der Waals surface area contributed by atoms with Crippen LogP contribution in [0.2, 0.25) is 0 Å². The Hall–Kier alpha value is -0.310. The van der Waals surface area contributed by atoms with Crippen molar-refractivity contribution in [1.29, 1.82) is 0 Å². The third kappa shape index (κ3) is 2.14. The molecule has 1 aliphatic rings. The molecule has 1 radical (unpaired) electrons. The fourth-order valence-electron chi connectivity index (χ4n) is 1.28. The molecule has 2 nitrogen and oxygen atoms in total. The normalized spacial score (nSPS) is 18.9. The third-order valence-corrected chi connectivity index (χ3v) is 2.04. The van der Waals surface area contributed by atoms with Gasteiger partial charge in [0, 0.05) is 6.04 Å². The van der Waals surface area contributed by atoms with Crippen LogP contribution in [0.4, 0.5) is 0 Å². The van der Waals surface area contributed by atoms with Crippen molar-refractivity contribution >= 4 is 17.4 Å². The number of thiocarbonyl (C=S) groups is 1. The van der Waals surface area contributed by atoms with Crippen LogP contribution in [0.15, 0.2) is 0 Å². The molecule has 0 bridgehead atoms. The molecule has 0 aliphatic heterocycles. The molecule has 1 saturated carbocycles. The predicted octanol–water partition coefficient (Wildman–Crippen LogP) is 1.61. The Morgan fingerprint density at radius 2 is 2.10 bits per heavy atom. The zero-order valence-electron chi connectivity index (χ0n) is 5.93. The molecule has 0 atom stereocenters. The number of ether oxygens (including phenoxy) is 1. The number of rotatable bonds is 1. The van der Waals surface area contributed by atoms with E-state index in [0.717, 1.165) is 0 Å². The molecule has 1 aliphatic carbocycles. The van der Waals surface area contributed by atoms with Gasteiger partial charge in [-0.15, -0.1) is 0 Å². The molecule has 0 unspecified atom stereocenters. The summed E-state index contributed by atoms with van der Waals surface area (Å²) in [5, 5.41) is 3.50. The van der Waals surface area contributed by atoms with E-state index in [0.29, 0.717) is 11.2 Å². The largest absolute Gasteiger partial charge is 0.467 e.